The molecule has 9 nitrogen and oxygen atoms in total. The van der Waals surface area contributed by atoms with Crippen molar-refractivity contribution in [2.45, 2.75) is 38.7 Å². The third-order valence-corrected chi connectivity index (χ3v) is 7.43. The number of nitrogens with zero attached hydrogens (tertiary/aromatic N) is 3. The Kier molecular flexibility index (Phi) is 10.3. The summed E-state index contributed by atoms with van der Waals surface area (Å²) < 4.78 is 25.5. The fourth-order valence-corrected chi connectivity index (χ4v) is 5.01. The summed E-state index contributed by atoms with van der Waals surface area (Å²) in [5.74, 6) is 1.92. The number of furan rings is 1. The molecule has 11 heteroatoms. The van der Waals surface area contributed by atoms with Gasteiger partial charge in [0.25, 0.3) is 0 Å². The van der Waals surface area contributed by atoms with Crippen LogP contribution in [0, 0.1) is 5.82 Å². The standard InChI is InChI=1S/C33H33ClFN5O4/c1-40(16-5-3-2-4-9-31(41)39-42)32-15-14-29(44-32)23-10-12-28-26(18-23)33(37-21-36-28)38-25-11-13-30(27(34)19-25)43-20-22-7-6-8-24(35)17-22/h6-8,10-15,17-19,21,42H,2-5,9,16,20H2,1H3,(H,39,41)(H,36,37,38). The minimum Gasteiger partial charge on any atom is -0.487 e. The highest BCUT2D eigenvalue weighted by atomic mass is 35.5. The van der Waals surface area contributed by atoms with E-state index in [1.165, 1.54) is 18.5 Å². The number of carbonyl (C=O) groups is 1. The Morgan fingerprint density at radius 1 is 1.02 bits per heavy atom. The van der Waals surface area contributed by atoms with Crippen molar-refractivity contribution >= 4 is 45.8 Å². The van der Waals surface area contributed by atoms with Gasteiger partial charge >= 0.3 is 0 Å². The number of hydrogen-bond donors (Lipinski definition) is 3. The molecule has 0 radical (unpaired) electrons. The molecule has 0 aliphatic rings. The second kappa shape index (κ2) is 14.7. The second-order valence-electron chi connectivity index (χ2n) is 10.4. The van der Waals surface area contributed by atoms with Crippen molar-refractivity contribution in [3.63, 3.8) is 0 Å². The summed E-state index contributed by atoms with van der Waals surface area (Å²) in [7, 11) is 1.99. The van der Waals surface area contributed by atoms with Gasteiger partial charge in [-0.1, -0.05) is 36.6 Å². The van der Waals surface area contributed by atoms with Crippen molar-refractivity contribution in [2.24, 2.45) is 0 Å². The van der Waals surface area contributed by atoms with E-state index in [2.05, 4.69) is 20.2 Å². The zero-order chi connectivity index (χ0) is 30.9. The largest absolute Gasteiger partial charge is 0.487 e. The fourth-order valence-electron chi connectivity index (χ4n) is 4.77. The first-order valence-corrected chi connectivity index (χ1v) is 14.7. The van der Waals surface area contributed by atoms with Gasteiger partial charge in [-0.05, 0) is 73.0 Å². The molecule has 0 unspecified atom stereocenters. The Balaban J connectivity index is 1.23. The lowest BCUT2D eigenvalue weighted by Crippen LogP contribution is -2.18. The minimum absolute atomic E-state index is 0.196. The van der Waals surface area contributed by atoms with E-state index in [0.717, 1.165) is 66.0 Å². The fraction of sp³-hybridized carbons (Fsp3) is 0.242. The Hall–Kier alpha value is -4.67. The topological polar surface area (TPSA) is 113 Å². The van der Waals surface area contributed by atoms with Crippen LogP contribution >= 0.6 is 11.6 Å². The van der Waals surface area contributed by atoms with Gasteiger partial charge in [-0.15, -0.1) is 0 Å². The van der Waals surface area contributed by atoms with Gasteiger partial charge in [-0.2, -0.15) is 0 Å². The lowest BCUT2D eigenvalue weighted by Gasteiger charge is -2.15. The Morgan fingerprint density at radius 2 is 1.89 bits per heavy atom. The van der Waals surface area contributed by atoms with Crippen molar-refractivity contribution in [3.05, 3.63) is 95.5 Å². The maximum absolute atomic E-state index is 13.5. The molecule has 1 amide bonds. The molecule has 0 aliphatic heterocycles. The first kappa shape index (κ1) is 30.8. The van der Waals surface area contributed by atoms with Gasteiger partial charge in [-0.25, -0.2) is 19.8 Å². The molecule has 0 spiro atoms. The van der Waals surface area contributed by atoms with Crippen LogP contribution in [0.4, 0.5) is 21.8 Å². The van der Waals surface area contributed by atoms with Gasteiger partial charge in [0.05, 0.1) is 10.5 Å². The average Bonchev–Trinajstić information content (AvgIpc) is 3.53. The van der Waals surface area contributed by atoms with Crippen LogP contribution in [-0.2, 0) is 11.4 Å². The quantitative estimate of drug-likeness (QED) is 0.0655. The van der Waals surface area contributed by atoms with Crippen LogP contribution in [0.3, 0.4) is 0 Å². The summed E-state index contributed by atoms with van der Waals surface area (Å²) in [4.78, 5) is 22.1. The van der Waals surface area contributed by atoms with Crippen molar-refractivity contribution in [1.29, 1.82) is 0 Å². The second-order valence-corrected chi connectivity index (χ2v) is 10.8. The number of anilines is 3. The molecule has 3 aromatic carbocycles. The number of benzene rings is 3. The third kappa shape index (κ3) is 8.03. The highest BCUT2D eigenvalue weighted by Crippen LogP contribution is 2.33. The highest BCUT2D eigenvalue weighted by Gasteiger charge is 2.13. The van der Waals surface area contributed by atoms with E-state index in [1.807, 2.05) is 43.4 Å². The van der Waals surface area contributed by atoms with E-state index in [-0.39, 0.29) is 18.3 Å². The van der Waals surface area contributed by atoms with Gasteiger partial charge in [0.15, 0.2) is 5.88 Å². The van der Waals surface area contributed by atoms with Crippen molar-refractivity contribution in [3.8, 4) is 17.1 Å². The van der Waals surface area contributed by atoms with Crippen LogP contribution in [0.2, 0.25) is 5.02 Å². The molecular weight excluding hydrogens is 585 g/mol. The maximum atomic E-state index is 13.5. The number of ether oxygens (including phenoxy) is 1. The maximum Gasteiger partial charge on any atom is 0.243 e. The normalized spacial score (nSPS) is 11.0. The van der Waals surface area contributed by atoms with E-state index in [1.54, 1.807) is 29.7 Å². The van der Waals surface area contributed by atoms with Gasteiger partial charge in [0.1, 0.15) is 36.1 Å². The molecule has 0 saturated heterocycles. The first-order chi connectivity index (χ1) is 21.4. The van der Waals surface area contributed by atoms with Crippen molar-refractivity contribution in [1.82, 2.24) is 15.4 Å². The van der Waals surface area contributed by atoms with Crippen LogP contribution in [0.5, 0.6) is 5.75 Å². The monoisotopic (exact) mass is 617 g/mol. The number of rotatable bonds is 14. The smallest absolute Gasteiger partial charge is 0.243 e. The lowest BCUT2D eigenvalue weighted by atomic mass is 10.1. The van der Waals surface area contributed by atoms with Crippen LogP contribution in [0.1, 0.15) is 37.7 Å². The number of aromatic nitrogens is 2. The van der Waals surface area contributed by atoms with Gasteiger partial charge in [0.2, 0.25) is 5.91 Å². The first-order valence-electron chi connectivity index (χ1n) is 14.3. The van der Waals surface area contributed by atoms with E-state index in [9.17, 15) is 9.18 Å². The van der Waals surface area contributed by atoms with E-state index >= 15 is 0 Å². The molecule has 2 aromatic heterocycles. The molecule has 0 atom stereocenters. The summed E-state index contributed by atoms with van der Waals surface area (Å²) in [5, 5.41) is 13.1. The molecule has 3 N–H and O–H groups in total. The van der Waals surface area contributed by atoms with Crippen LogP contribution in [0.25, 0.3) is 22.2 Å². The summed E-state index contributed by atoms with van der Waals surface area (Å²) in [6.07, 6.45) is 5.43. The SMILES string of the molecule is CN(CCCCCCC(=O)NO)c1ccc(-c2ccc3ncnc(Nc4ccc(OCc5cccc(F)c5)c(Cl)c4)c3c2)o1. The molecular formula is C33H33ClFN5O4. The van der Waals surface area contributed by atoms with E-state index in [0.29, 0.717) is 28.6 Å². The number of hydroxylamine groups is 1. The summed E-state index contributed by atoms with van der Waals surface area (Å²) in [6, 6.07) is 21.4. The molecule has 5 rings (SSSR count). The predicted octanol–water partition coefficient (Wildman–Crippen LogP) is 7.90. The van der Waals surface area contributed by atoms with Gasteiger partial charge < -0.3 is 19.4 Å². The van der Waals surface area contributed by atoms with Crippen LogP contribution < -0.4 is 20.4 Å². The number of hydrogen-bond acceptors (Lipinski definition) is 8. The van der Waals surface area contributed by atoms with Gasteiger partial charge in [0, 0.05) is 42.7 Å². The minimum atomic E-state index is -0.350. The number of nitrogens with one attached hydrogen (secondary N) is 2. The molecule has 44 heavy (non-hydrogen) atoms. The Bertz CT molecular complexity index is 1730. The van der Waals surface area contributed by atoms with Crippen molar-refractivity contribution in [2.75, 3.05) is 23.8 Å². The number of carbonyl (C=O) groups excluding carboxylic acids is 1. The zero-order valence-corrected chi connectivity index (χ0v) is 25.0. The summed E-state index contributed by atoms with van der Waals surface area (Å²) >= 11 is 6.50. The zero-order valence-electron chi connectivity index (χ0n) is 24.2. The molecule has 0 aliphatic carbocycles. The average molecular weight is 618 g/mol. The van der Waals surface area contributed by atoms with Crippen molar-refractivity contribution < 1.29 is 23.5 Å². The summed E-state index contributed by atoms with van der Waals surface area (Å²) in [5.41, 5.74) is 4.75. The third-order valence-electron chi connectivity index (χ3n) is 7.14. The Labute approximate surface area is 259 Å². The Morgan fingerprint density at radius 3 is 2.70 bits per heavy atom. The van der Waals surface area contributed by atoms with E-state index < -0.39 is 0 Å². The lowest BCUT2D eigenvalue weighted by molar-refractivity contribution is -0.129. The molecule has 2 heterocycles. The number of amides is 1. The molecule has 0 bridgehead atoms. The number of halogens is 2. The molecule has 0 saturated carbocycles. The summed E-state index contributed by atoms with van der Waals surface area (Å²) in [6.45, 7) is 1.01. The highest BCUT2D eigenvalue weighted by molar-refractivity contribution is 6.32. The molecule has 5 aromatic rings. The number of fused-ring (bicyclic) bond motifs is 1. The van der Waals surface area contributed by atoms with Crippen LogP contribution in [-0.4, -0.2) is 34.7 Å². The van der Waals surface area contributed by atoms with E-state index in [4.69, 9.17) is 26.0 Å². The van der Waals surface area contributed by atoms with Gasteiger partial charge in [-0.3, -0.25) is 10.0 Å². The predicted molar refractivity (Wildman–Crippen MR) is 169 cm³/mol. The molecule has 228 valence electrons. The number of unbranched alkanes of at least 4 members (excludes halogenated alkanes) is 3. The molecule has 0 fully saturated rings. The van der Waals surface area contributed by atoms with Crippen LogP contribution in [0.15, 0.2) is 83.5 Å².